The summed E-state index contributed by atoms with van der Waals surface area (Å²) in [6.07, 6.45) is 2.30. The Morgan fingerprint density at radius 3 is 2.90 bits per heavy atom. The van der Waals surface area contributed by atoms with E-state index in [2.05, 4.69) is 26.0 Å². The first-order chi connectivity index (χ1) is 13.9. The molecular weight excluding hydrogens is 456 g/mol. The maximum absolute atomic E-state index is 13.2. The van der Waals surface area contributed by atoms with Gasteiger partial charge in [-0.2, -0.15) is 15.0 Å². The van der Waals surface area contributed by atoms with E-state index in [4.69, 9.17) is 21.6 Å². The fraction of sp³-hybridized carbons (Fsp3) is 0.238. The SMILES string of the molecule is CC[C@@H](C)c1nc2ccc(Br)cc2c(=O)n1N=Cc1cc(Cl)ccc1OCC#N. The maximum atomic E-state index is 13.2. The molecule has 3 rings (SSSR count). The molecule has 0 amide bonds. The van der Waals surface area contributed by atoms with Gasteiger partial charge in [0.05, 0.1) is 17.1 Å². The average molecular weight is 474 g/mol. The molecule has 0 bridgehead atoms. The van der Waals surface area contributed by atoms with Crippen LogP contribution in [-0.2, 0) is 0 Å². The molecule has 0 aliphatic heterocycles. The van der Waals surface area contributed by atoms with Crippen LogP contribution in [-0.4, -0.2) is 22.5 Å². The van der Waals surface area contributed by atoms with Crippen LogP contribution in [0.25, 0.3) is 10.9 Å². The van der Waals surface area contributed by atoms with Gasteiger partial charge in [0.2, 0.25) is 0 Å². The third kappa shape index (κ3) is 4.66. The van der Waals surface area contributed by atoms with Crippen molar-refractivity contribution in [1.29, 1.82) is 5.26 Å². The van der Waals surface area contributed by atoms with Crippen LogP contribution in [0.1, 0.15) is 37.6 Å². The van der Waals surface area contributed by atoms with E-state index in [1.807, 2.05) is 32.0 Å². The number of nitriles is 1. The Hall–Kier alpha value is -2.69. The van der Waals surface area contributed by atoms with Crippen molar-refractivity contribution in [1.82, 2.24) is 9.66 Å². The molecule has 0 saturated carbocycles. The van der Waals surface area contributed by atoms with Gasteiger partial charge in [-0.15, -0.1) is 0 Å². The van der Waals surface area contributed by atoms with Gasteiger partial charge in [-0.3, -0.25) is 4.79 Å². The number of halogens is 2. The summed E-state index contributed by atoms with van der Waals surface area (Å²) < 4.78 is 7.53. The topological polar surface area (TPSA) is 80.3 Å². The van der Waals surface area contributed by atoms with Gasteiger partial charge in [-0.1, -0.05) is 41.4 Å². The van der Waals surface area contributed by atoms with Crippen molar-refractivity contribution in [3.8, 4) is 11.8 Å². The highest BCUT2D eigenvalue weighted by atomic mass is 79.9. The second kappa shape index (κ2) is 9.21. The molecule has 2 aromatic carbocycles. The standard InChI is InChI=1S/C21H18BrClN4O2/c1-3-13(2)20-26-18-6-4-15(22)11-17(18)21(28)27(20)25-12-14-10-16(23)5-7-19(14)29-9-8-24/h4-7,10-13H,3,9H2,1-2H3/t13-/m1/s1. The molecule has 29 heavy (non-hydrogen) atoms. The van der Waals surface area contributed by atoms with E-state index in [1.165, 1.54) is 10.9 Å². The fourth-order valence-electron chi connectivity index (χ4n) is 2.76. The van der Waals surface area contributed by atoms with Crippen LogP contribution in [0.4, 0.5) is 0 Å². The van der Waals surface area contributed by atoms with E-state index in [0.717, 1.165) is 10.9 Å². The largest absolute Gasteiger partial charge is 0.478 e. The second-order valence-electron chi connectivity index (χ2n) is 6.43. The molecule has 0 aliphatic rings. The van der Waals surface area contributed by atoms with Crippen LogP contribution >= 0.6 is 27.5 Å². The van der Waals surface area contributed by atoms with Crippen LogP contribution in [0.5, 0.6) is 5.75 Å². The minimum Gasteiger partial charge on any atom is -0.478 e. The van der Waals surface area contributed by atoms with E-state index in [-0.39, 0.29) is 18.1 Å². The Morgan fingerprint density at radius 1 is 1.38 bits per heavy atom. The highest BCUT2D eigenvalue weighted by Crippen LogP contribution is 2.23. The van der Waals surface area contributed by atoms with Crippen LogP contribution in [0, 0.1) is 11.3 Å². The Bertz CT molecular complexity index is 1180. The van der Waals surface area contributed by atoms with Crippen molar-refractivity contribution in [2.45, 2.75) is 26.2 Å². The summed E-state index contributed by atoms with van der Waals surface area (Å²) in [5.74, 6) is 1.06. The number of benzene rings is 2. The van der Waals surface area contributed by atoms with Crippen molar-refractivity contribution in [2.75, 3.05) is 6.61 Å². The summed E-state index contributed by atoms with van der Waals surface area (Å²) >= 11 is 9.49. The Morgan fingerprint density at radius 2 is 2.17 bits per heavy atom. The second-order valence-corrected chi connectivity index (χ2v) is 7.78. The van der Waals surface area contributed by atoms with E-state index in [1.54, 1.807) is 24.3 Å². The molecule has 1 atom stereocenters. The molecule has 0 unspecified atom stereocenters. The first kappa shape index (κ1) is 21.0. The van der Waals surface area contributed by atoms with E-state index < -0.39 is 0 Å². The lowest BCUT2D eigenvalue weighted by molar-refractivity contribution is 0.367. The lowest BCUT2D eigenvalue weighted by atomic mass is 10.1. The first-order valence-corrected chi connectivity index (χ1v) is 10.2. The highest BCUT2D eigenvalue weighted by Gasteiger charge is 2.16. The predicted molar refractivity (Wildman–Crippen MR) is 118 cm³/mol. The number of nitrogens with zero attached hydrogens (tertiary/aromatic N) is 4. The lowest BCUT2D eigenvalue weighted by Crippen LogP contribution is -2.23. The molecule has 0 fully saturated rings. The molecule has 1 heterocycles. The molecular formula is C21H18BrClN4O2. The summed E-state index contributed by atoms with van der Waals surface area (Å²) in [4.78, 5) is 17.8. The Kier molecular flexibility index (Phi) is 6.68. The van der Waals surface area contributed by atoms with Gasteiger partial charge >= 0.3 is 0 Å². The summed E-state index contributed by atoms with van der Waals surface area (Å²) in [6.45, 7) is 3.92. The molecule has 0 spiro atoms. The van der Waals surface area contributed by atoms with Gasteiger partial charge in [-0.25, -0.2) is 4.98 Å². The minimum absolute atomic E-state index is 0.0292. The lowest BCUT2D eigenvalue weighted by Gasteiger charge is -2.14. The number of ether oxygens (including phenoxy) is 1. The monoisotopic (exact) mass is 472 g/mol. The van der Waals surface area contributed by atoms with Crippen LogP contribution in [0.15, 0.2) is 50.8 Å². The van der Waals surface area contributed by atoms with Gasteiger partial charge in [-0.05, 0) is 42.8 Å². The number of aromatic nitrogens is 2. The van der Waals surface area contributed by atoms with Gasteiger partial charge < -0.3 is 4.74 Å². The molecule has 1 aromatic heterocycles. The summed E-state index contributed by atoms with van der Waals surface area (Å²) in [6, 6.07) is 12.3. The molecule has 0 radical (unpaired) electrons. The first-order valence-electron chi connectivity index (χ1n) is 9.00. The summed E-state index contributed by atoms with van der Waals surface area (Å²) in [5.41, 5.74) is 0.925. The normalized spacial score (nSPS) is 12.2. The van der Waals surface area contributed by atoms with Crippen LogP contribution in [0.3, 0.4) is 0 Å². The van der Waals surface area contributed by atoms with Gasteiger partial charge in [0, 0.05) is 21.0 Å². The molecule has 6 nitrogen and oxygen atoms in total. The Labute approximate surface area is 181 Å². The van der Waals surface area contributed by atoms with Crippen molar-refractivity contribution in [3.63, 3.8) is 0 Å². The molecule has 148 valence electrons. The van der Waals surface area contributed by atoms with Gasteiger partial charge in [0.1, 0.15) is 17.6 Å². The highest BCUT2D eigenvalue weighted by molar-refractivity contribution is 9.10. The van der Waals surface area contributed by atoms with E-state index >= 15 is 0 Å². The van der Waals surface area contributed by atoms with Crippen LogP contribution < -0.4 is 10.3 Å². The van der Waals surface area contributed by atoms with Crippen molar-refractivity contribution < 1.29 is 4.74 Å². The smallest absolute Gasteiger partial charge is 0.282 e. The molecule has 0 saturated heterocycles. The van der Waals surface area contributed by atoms with E-state index in [0.29, 0.717) is 33.1 Å². The molecule has 0 N–H and O–H groups in total. The summed E-state index contributed by atoms with van der Waals surface area (Å²) in [5, 5.41) is 14.1. The number of fused-ring (bicyclic) bond motifs is 1. The number of hydrogen-bond acceptors (Lipinski definition) is 5. The molecule has 3 aromatic rings. The van der Waals surface area contributed by atoms with Gasteiger partial charge in [0.15, 0.2) is 6.61 Å². The predicted octanol–water partition coefficient (Wildman–Crippen LogP) is 5.11. The zero-order chi connectivity index (χ0) is 21.0. The average Bonchev–Trinajstić information content (AvgIpc) is 2.72. The summed E-state index contributed by atoms with van der Waals surface area (Å²) in [7, 11) is 0. The number of hydrogen-bond donors (Lipinski definition) is 0. The zero-order valence-electron chi connectivity index (χ0n) is 15.9. The minimum atomic E-state index is -0.260. The van der Waals surface area contributed by atoms with Crippen LogP contribution in [0.2, 0.25) is 5.02 Å². The third-order valence-electron chi connectivity index (χ3n) is 4.46. The zero-order valence-corrected chi connectivity index (χ0v) is 18.2. The van der Waals surface area contributed by atoms with Crippen molar-refractivity contribution in [3.05, 3.63) is 67.6 Å². The fourth-order valence-corrected chi connectivity index (χ4v) is 3.30. The van der Waals surface area contributed by atoms with Crippen molar-refractivity contribution in [2.24, 2.45) is 5.10 Å². The Balaban J connectivity index is 2.17. The number of rotatable bonds is 6. The van der Waals surface area contributed by atoms with Crippen molar-refractivity contribution >= 4 is 44.6 Å². The van der Waals surface area contributed by atoms with Gasteiger partial charge in [0.25, 0.3) is 5.56 Å². The molecule has 0 aliphatic carbocycles. The van der Waals surface area contributed by atoms with E-state index in [9.17, 15) is 4.79 Å². The third-order valence-corrected chi connectivity index (χ3v) is 5.19. The molecule has 8 heteroatoms. The maximum Gasteiger partial charge on any atom is 0.282 e. The quantitative estimate of drug-likeness (QED) is 0.466.